The SMILES string of the molecule is Cc1cccc(C)c1NS(=O)(=O)c1ccc(NS(=O)(=O)c2cc(Cl)ccc2Cl)cc1. The van der Waals surface area contributed by atoms with Crippen LogP contribution in [0.3, 0.4) is 0 Å². The third-order valence-electron chi connectivity index (χ3n) is 4.32. The van der Waals surface area contributed by atoms with E-state index in [1.165, 1.54) is 42.5 Å². The van der Waals surface area contributed by atoms with Crippen LogP contribution in [0.15, 0.2) is 70.5 Å². The lowest BCUT2D eigenvalue weighted by Gasteiger charge is -2.14. The van der Waals surface area contributed by atoms with Gasteiger partial charge < -0.3 is 0 Å². The molecule has 0 bridgehead atoms. The molecule has 0 spiro atoms. The number of para-hydroxylation sites is 1. The summed E-state index contributed by atoms with van der Waals surface area (Å²) in [6.45, 7) is 3.62. The molecule has 30 heavy (non-hydrogen) atoms. The van der Waals surface area contributed by atoms with Crippen molar-refractivity contribution >= 4 is 54.6 Å². The Hall–Kier alpha value is -2.26. The highest BCUT2D eigenvalue weighted by Crippen LogP contribution is 2.28. The minimum Gasteiger partial charge on any atom is -0.280 e. The zero-order valence-electron chi connectivity index (χ0n) is 16.0. The maximum atomic E-state index is 12.7. The third kappa shape index (κ3) is 4.89. The zero-order valence-corrected chi connectivity index (χ0v) is 19.1. The highest BCUT2D eigenvalue weighted by molar-refractivity contribution is 7.93. The molecule has 0 amide bonds. The smallest absolute Gasteiger partial charge is 0.263 e. The van der Waals surface area contributed by atoms with Crippen molar-refractivity contribution in [2.24, 2.45) is 0 Å². The number of sulfonamides is 2. The molecular formula is C20H18Cl2N2O4S2. The second-order valence-corrected chi connectivity index (χ2v) is 10.8. The van der Waals surface area contributed by atoms with Crippen molar-refractivity contribution in [3.63, 3.8) is 0 Å². The van der Waals surface area contributed by atoms with E-state index in [1.807, 2.05) is 32.0 Å². The summed E-state index contributed by atoms with van der Waals surface area (Å²) in [6, 6.07) is 14.9. The van der Waals surface area contributed by atoms with E-state index in [0.29, 0.717) is 5.69 Å². The van der Waals surface area contributed by atoms with E-state index in [2.05, 4.69) is 9.44 Å². The van der Waals surface area contributed by atoms with Crippen LogP contribution in [-0.4, -0.2) is 16.8 Å². The first-order chi connectivity index (χ1) is 14.0. The average Bonchev–Trinajstić information content (AvgIpc) is 2.67. The highest BCUT2D eigenvalue weighted by Gasteiger charge is 2.20. The van der Waals surface area contributed by atoms with E-state index in [1.54, 1.807) is 0 Å². The summed E-state index contributed by atoms with van der Waals surface area (Å²) in [5.41, 5.74) is 2.28. The molecule has 6 nitrogen and oxygen atoms in total. The minimum atomic E-state index is -4.01. The van der Waals surface area contributed by atoms with Crippen molar-refractivity contribution < 1.29 is 16.8 Å². The molecule has 0 aliphatic rings. The molecule has 0 aromatic heterocycles. The van der Waals surface area contributed by atoms with E-state index in [4.69, 9.17) is 23.2 Å². The Morgan fingerprint density at radius 1 is 0.733 bits per heavy atom. The van der Waals surface area contributed by atoms with Crippen LogP contribution in [0.4, 0.5) is 11.4 Å². The molecule has 0 saturated heterocycles. The summed E-state index contributed by atoms with van der Waals surface area (Å²) in [5.74, 6) is 0. The van der Waals surface area contributed by atoms with E-state index in [-0.39, 0.29) is 25.5 Å². The predicted octanol–water partition coefficient (Wildman–Crippen LogP) is 5.21. The van der Waals surface area contributed by atoms with Gasteiger partial charge in [-0.25, -0.2) is 16.8 Å². The van der Waals surface area contributed by atoms with Gasteiger partial charge in [0.15, 0.2) is 0 Å². The van der Waals surface area contributed by atoms with Gasteiger partial charge in [-0.3, -0.25) is 9.44 Å². The number of aryl methyl sites for hydroxylation is 2. The summed E-state index contributed by atoms with van der Waals surface area (Å²) in [5, 5.41) is 0.239. The Kier molecular flexibility index (Phi) is 6.33. The fourth-order valence-corrected chi connectivity index (χ4v) is 5.79. The number of benzene rings is 3. The molecule has 3 aromatic carbocycles. The first-order valence-corrected chi connectivity index (χ1v) is 12.4. The lowest BCUT2D eigenvalue weighted by molar-refractivity contribution is 0.600. The van der Waals surface area contributed by atoms with E-state index in [0.717, 1.165) is 11.1 Å². The van der Waals surface area contributed by atoms with E-state index >= 15 is 0 Å². The van der Waals surface area contributed by atoms with Gasteiger partial charge in [0.25, 0.3) is 20.0 Å². The van der Waals surface area contributed by atoms with Gasteiger partial charge in [0.1, 0.15) is 4.90 Å². The number of hydrogen-bond donors (Lipinski definition) is 2. The lowest BCUT2D eigenvalue weighted by atomic mass is 10.1. The first-order valence-electron chi connectivity index (χ1n) is 8.66. The standard InChI is InChI=1S/C20H18Cl2N2O4S2/c1-13-4-3-5-14(2)20(13)24-29(25,26)17-9-7-16(8-10-17)23-30(27,28)19-12-15(21)6-11-18(19)22/h3-12,23-24H,1-2H3. The summed E-state index contributed by atoms with van der Waals surface area (Å²) in [4.78, 5) is -0.182. The van der Waals surface area contributed by atoms with Crippen LogP contribution in [0.2, 0.25) is 10.0 Å². The molecular weight excluding hydrogens is 467 g/mol. The van der Waals surface area contributed by atoms with Gasteiger partial charge in [-0.1, -0.05) is 41.4 Å². The predicted molar refractivity (Wildman–Crippen MR) is 120 cm³/mol. The number of anilines is 2. The molecule has 0 heterocycles. The quantitative estimate of drug-likeness (QED) is 0.501. The summed E-state index contributed by atoms with van der Waals surface area (Å²) >= 11 is 11.8. The normalized spacial score (nSPS) is 11.9. The van der Waals surface area contributed by atoms with E-state index < -0.39 is 20.0 Å². The highest BCUT2D eigenvalue weighted by atomic mass is 35.5. The topological polar surface area (TPSA) is 92.3 Å². The van der Waals surface area contributed by atoms with Gasteiger partial charge in [0.05, 0.1) is 15.6 Å². The molecule has 0 fully saturated rings. The Morgan fingerprint density at radius 3 is 1.93 bits per heavy atom. The van der Waals surface area contributed by atoms with Crippen molar-refractivity contribution in [2.75, 3.05) is 9.44 Å². The largest absolute Gasteiger partial charge is 0.280 e. The van der Waals surface area contributed by atoms with Crippen LogP contribution in [0.5, 0.6) is 0 Å². The number of rotatable bonds is 6. The molecule has 158 valence electrons. The molecule has 0 aliphatic heterocycles. The maximum Gasteiger partial charge on any atom is 0.263 e. The Morgan fingerprint density at radius 2 is 1.33 bits per heavy atom. The minimum absolute atomic E-state index is 0.00566. The maximum absolute atomic E-state index is 12.7. The van der Waals surface area contributed by atoms with Gasteiger partial charge in [0.2, 0.25) is 0 Å². The fourth-order valence-electron chi connectivity index (χ4n) is 2.76. The summed E-state index contributed by atoms with van der Waals surface area (Å²) < 4.78 is 55.6. The molecule has 0 radical (unpaired) electrons. The monoisotopic (exact) mass is 484 g/mol. The molecule has 0 atom stereocenters. The van der Waals surface area contributed by atoms with Gasteiger partial charge in [-0.2, -0.15) is 0 Å². The first kappa shape index (κ1) is 22.4. The second kappa shape index (κ2) is 8.47. The Balaban J connectivity index is 1.85. The van der Waals surface area contributed by atoms with Crippen molar-refractivity contribution in [1.29, 1.82) is 0 Å². The van der Waals surface area contributed by atoms with Gasteiger partial charge in [-0.05, 0) is 67.4 Å². The molecule has 2 N–H and O–H groups in total. The van der Waals surface area contributed by atoms with E-state index in [9.17, 15) is 16.8 Å². The fraction of sp³-hybridized carbons (Fsp3) is 0.100. The molecule has 3 rings (SSSR count). The van der Waals surface area contributed by atoms with Crippen molar-refractivity contribution in [3.05, 3.63) is 81.8 Å². The molecule has 0 aliphatic carbocycles. The zero-order chi connectivity index (χ0) is 22.1. The Bertz CT molecular complexity index is 1290. The average molecular weight is 485 g/mol. The molecule has 0 saturated carbocycles. The van der Waals surface area contributed by atoms with Crippen LogP contribution in [-0.2, 0) is 20.0 Å². The van der Waals surface area contributed by atoms with Crippen molar-refractivity contribution in [3.8, 4) is 0 Å². The van der Waals surface area contributed by atoms with Gasteiger partial charge >= 0.3 is 0 Å². The molecule has 10 heteroatoms. The summed E-state index contributed by atoms with van der Waals surface area (Å²) in [7, 11) is -7.86. The van der Waals surface area contributed by atoms with Crippen LogP contribution in [0.25, 0.3) is 0 Å². The number of hydrogen-bond acceptors (Lipinski definition) is 4. The van der Waals surface area contributed by atoms with Crippen LogP contribution >= 0.6 is 23.2 Å². The van der Waals surface area contributed by atoms with Crippen LogP contribution < -0.4 is 9.44 Å². The van der Waals surface area contributed by atoms with Crippen molar-refractivity contribution in [2.45, 2.75) is 23.6 Å². The molecule has 0 unspecified atom stereocenters. The van der Waals surface area contributed by atoms with Crippen LogP contribution in [0.1, 0.15) is 11.1 Å². The second-order valence-electron chi connectivity index (χ2n) is 6.58. The summed E-state index contributed by atoms with van der Waals surface area (Å²) in [6.07, 6.45) is 0. The number of nitrogens with one attached hydrogen (secondary N) is 2. The van der Waals surface area contributed by atoms with Crippen LogP contribution in [0, 0.1) is 13.8 Å². The molecule has 3 aromatic rings. The Labute approximate surface area is 186 Å². The third-order valence-corrected chi connectivity index (χ3v) is 7.78. The number of halogens is 2. The lowest BCUT2D eigenvalue weighted by Crippen LogP contribution is -2.16. The van der Waals surface area contributed by atoms with Gasteiger partial charge in [0, 0.05) is 10.7 Å². The van der Waals surface area contributed by atoms with Crippen molar-refractivity contribution in [1.82, 2.24) is 0 Å². The van der Waals surface area contributed by atoms with Gasteiger partial charge in [-0.15, -0.1) is 0 Å².